The molecule has 0 aliphatic rings. The van der Waals surface area contributed by atoms with Gasteiger partial charge in [0, 0.05) is 9.91 Å². The Morgan fingerprint density at radius 1 is 1.40 bits per heavy atom. The highest BCUT2D eigenvalue weighted by Gasteiger charge is 2.14. The largest absolute Gasteiger partial charge is 0.381 e. The molecule has 0 amide bonds. The summed E-state index contributed by atoms with van der Waals surface area (Å²) in [5.41, 5.74) is 0.277. The lowest BCUT2D eigenvalue weighted by molar-refractivity contribution is -0.0786. The highest BCUT2D eigenvalue weighted by Crippen LogP contribution is 2.22. The van der Waals surface area contributed by atoms with E-state index in [9.17, 15) is 9.32 Å². The van der Waals surface area contributed by atoms with Crippen molar-refractivity contribution in [1.29, 1.82) is 0 Å². The first kappa shape index (κ1) is 9.79. The third-order valence-electron chi connectivity index (χ3n) is 1.91. The van der Waals surface area contributed by atoms with E-state index in [2.05, 4.69) is 14.9 Å². The summed E-state index contributed by atoms with van der Waals surface area (Å²) in [6, 6.07) is 4.57. The molecule has 76 valence electrons. The number of rotatable bonds is 1. The van der Waals surface area contributed by atoms with E-state index in [1.807, 2.05) is 0 Å². The van der Waals surface area contributed by atoms with Crippen LogP contribution in [0.2, 0.25) is 5.15 Å². The van der Waals surface area contributed by atoms with Crippen molar-refractivity contribution in [2.75, 3.05) is 0 Å². The Labute approximate surface area is 88.6 Å². The average Bonchev–Trinajstić information content (AvgIpc) is 2.28. The second-order valence-corrected chi connectivity index (χ2v) is 3.09. The predicted octanol–water partition coefficient (Wildman–Crippen LogP) is 2.32. The van der Waals surface area contributed by atoms with Gasteiger partial charge in [0.05, 0.1) is 11.1 Å². The van der Waals surface area contributed by atoms with E-state index in [-0.39, 0.29) is 16.2 Å². The minimum Gasteiger partial charge on any atom is -0.249 e. The fourth-order valence-corrected chi connectivity index (χ4v) is 1.46. The Hall–Kier alpha value is -1.75. The fraction of sp³-hybridized carbons (Fsp3) is 0. The first-order valence-corrected chi connectivity index (χ1v) is 4.34. The Balaban J connectivity index is 2.77. The van der Waals surface area contributed by atoms with E-state index in [1.54, 1.807) is 12.1 Å². The highest BCUT2D eigenvalue weighted by molar-refractivity contribution is 6.34. The van der Waals surface area contributed by atoms with Gasteiger partial charge in [0.2, 0.25) is 0 Å². The maximum Gasteiger partial charge on any atom is 0.381 e. The second-order valence-electron chi connectivity index (χ2n) is 2.73. The van der Waals surface area contributed by atoms with Crippen molar-refractivity contribution < 1.29 is 14.3 Å². The Bertz CT molecular complexity index is 533. The van der Waals surface area contributed by atoms with Gasteiger partial charge >= 0.3 is 5.97 Å². The third kappa shape index (κ3) is 1.61. The van der Waals surface area contributed by atoms with Crippen LogP contribution in [0.5, 0.6) is 0 Å². The average molecular weight is 227 g/mol. The van der Waals surface area contributed by atoms with Crippen LogP contribution >= 0.6 is 11.6 Å². The zero-order chi connectivity index (χ0) is 10.8. The number of aromatic nitrogens is 2. The van der Waals surface area contributed by atoms with Gasteiger partial charge in [-0.2, -0.15) is 0 Å². The summed E-state index contributed by atoms with van der Waals surface area (Å²) >= 11 is 5.78. The number of para-hydroxylation sites is 1. The van der Waals surface area contributed by atoms with Crippen molar-refractivity contribution in [2.24, 2.45) is 0 Å². The van der Waals surface area contributed by atoms with Gasteiger partial charge in [-0.1, -0.05) is 17.7 Å². The zero-order valence-electron chi connectivity index (χ0n) is 7.28. The highest BCUT2D eigenvalue weighted by atomic mass is 35.5. The van der Waals surface area contributed by atoms with Crippen LogP contribution in [0.1, 0.15) is 10.4 Å². The molecule has 6 heteroatoms. The Kier molecular flexibility index (Phi) is 2.47. The SMILES string of the molecule is O=C(OF)c1cccc2c(Cl)ncnc12. The van der Waals surface area contributed by atoms with Gasteiger partial charge in [0.15, 0.2) is 0 Å². The minimum atomic E-state index is -1.10. The lowest BCUT2D eigenvalue weighted by Crippen LogP contribution is -2.01. The third-order valence-corrected chi connectivity index (χ3v) is 2.21. The Morgan fingerprint density at radius 3 is 2.93 bits per heavy atom. The first-order chi connectivity index (χ1) is 7.24. The summed E-state index contributed by atoms with van der Waals surface area (Å²) in [4.78, 5) is 21.8. The molecule has 0 aliphatic heterocycles. The van der Waals surface area contributed by atoms with Crippen LogP contribution in [-0.2, 0) is 4.94 Å². The van der Waals surface area contributed by atoms with E-state index >= 15 is 0 Å². The normalized spacial score (nSPS) is 10.3. The number of carbonyl (C=O) groups is 1. The molecule has 2 aromatic rings. The van der Waals surface area contributed by atoms with Crippen molar-refractivity contribution >= 4 is 28.5 Å². The fourth-order valence-electron chi connectivity index (χ4n) is 1.26. The van der Waals surface area contributed by atoms with Crippen LogP contribution in [0.3, 0.4) is 0 Å². The lowest BCUT2D eigenvalue weighted by atomic mass is 10.1. The molecule has 1 aromatic heterocycles. The van der Waals surface area contributed by atoms with Gasteiger partial charge in [0.1, 0.15) is 11.5 Å². The van der Waals surface area contributed by atoms with E-state index in [4.69, 9.17) is 11.6 Å². The van der Waals surface area contributed by atoms with Gasteiger partial charge in [-0.3, -0.25) is 0 Å². The molecule has 15 heavy (non-hydrogen) atoms. The van der Waals surface area contributed by atoms with Crippen LogP contribution < -0.4 is 0 Å². The van der Waals surface area contributed by atoms with Gasteiger partial charge in [-0.05, 0) is 12.1 Å². The summed E-state index contributed by atoms with van der Waals surface area (Å²) in [5.74, 6) is -1.10. The molecular weight excluding hydrogens is 223 g/mol. The number of hydrogen-bond donors (Lipinski definition) is 0. The molecule has 0 saturated heterocycles. The summed E-state index contributed by atoms with van der Waals surface area (Å²) in [7, 11) is 0. The minimum absolute atomic E-state index is 0.0132. The van der Waals surface area contributed by atoms with Gasteiger partial charge < -0.3 is 0 Å². The number of benzene rings is 1. The predicted molar refractivity (Wildman–Crippen MR) is 51.1 cm³/mol. The van der Waals surface area contributed by atoms with Crippen molar-refractivity contribution in [1.82, 2.24) is 9.97 Å². The molecule has 4 nitrogen and oxygen atoms in total. The topological polar surface area (TPSA) is 52.1 Å². The van der Waals surface area contributed by atoms with Gasteiger partial charge in [-0.15, -0.1) is 0 Å². The number of hydrogen-bond acceptors (Lipinski definition) is 4. The van der Waals surface area contributed by atoms with Gasteiger partial charge in [-0.25, -0.2) is 19.7 Å². The molecule has 0 aliphatic carbocycles. The monoisotopic (exact) mass is 226 g/mol. The summed E-state index contributed by atoms with van der Waals surface area (Å²) in [6.07, 6.45) is 1.19. The van der Waals surface area contributed by atoms with Crippen LogP contribution in [0, 0.1) is 0 Å². The molecule has 0 N–H and O–H groups in total. The summed E-state index contributed by atoms with van der Waals surface area (Å²) < 4.78 is 11.8. The van der Waals surface area contributed by atoms with Crippen molar-refractivity contribution in [3.63, 3.8) is 0 Å². The molecule has 0 bridgehead atoms. The number of carbonyl (C=O) groups excluding carboxylic acids is 1. The van der Waals surface area contributed by atoms with Crippen LogP contribution in [0.25, 0.3) is 10.9 Å². The standard InChI is InChI=1S/C9H4ClFN2O2/c10-8-5-2-1-3-6(9(14)15-11)7(5)12-4-13-8/h1-4H. The molecule has 0 saturated carbocycles. The maximum absolute atomic E-state index is 11.8. The smallest absolute Gasteiger partial charge is 0.249 e. The van der Waals surface area contributed by atoms with Crippen LogP contribution in [0.4, 0.5) is 4.53 Å². The Morgan fingerprint density at radius 2 is 2.20 bits per heavy atom. The van der Waals surface area contributed by atoms with Crippen molar-refractivity contribution in [3.8, 4) is 0 Å². The number of halogens is 2. The van der Waals surface area contributed by atoms with Crippen LogP contribution in [0.15, 0.2) is 24.5 Å². The molecule has 2 rings (SSSR count). The molecular formula is C9H4ClFN2O2. The molecule has 0 spiro atoms. The quantitative estimate of drug-likeness (QED) is 0.701. The second kappa shape index (κ2) is 3.78. The van der Waals surface area contributed by atoms with Crippen LogP contribution in [-0.4, -0.2) is 15.9 Å². The van der Waals surface area contributed by atoms with Crippen molar-refractivity contribution in [3.05, 3.63) is 35.2 Å². The number of nitrogens with zero attached hydrogens (tertiary/aromatic N) is 2. The summed E-state index contributed by atoms with van der Waals surface area (Å²) in [6.45, 7) is 0. The molecule has 1 aromatic carbocycles. The van der Waals surface area contributed by atoms with E-state index in [1.165, 1.54) is 12.4 Å². The van der Waals surface area contributed by atoms with E-state index in [0.717, 1.165) is 0 Å². The van der Waals surface area contributed by atoms with E-state index in [0.29, 0.717) is 5.39 Å². The zero-order valence-corrected chi connectivity index (χ0v) is 8.03. The first-order valence-electron chi connectivity index (χ1n) is 3.96. The molecule has 0 radical (unpaired) electrons. The molecule has 1 heterocycles. The van der Waals surface area contributed by atoms with Crippen molar-refractivity contribution in [2.45, 2.75) is 0 Å². The van der Waals surface area contributed by atoms with Gasteiger partial charge in [0.25, 0.3) is 0 Å². The van der Waals surface area contributed by atoms with E-state index < -0.39 is 5.97 Å². The molecule has 0 atom stereocenters. The molecule has 0 unspecified atom stereocenters. The number of fused-ring (bicyclic) bond motifs is 1. The lowest BCUT2D eigenvalue weighted by Gasteiger charge is -2.01. The summed E-state index contributed by atoms with van der Waals surface area (Å²) in [5, 5.41) is 0.676. The molecule has 0 fully saturated rings. The maximum atomic E-state index is 11.8.